The highest BCUT2D eigenvalue weighted by Crippen LogP contribution is 2.29. The first kappa shape index (κ1) is 19.9. The van der Waals surface area contributed by atoms with Crippen molar-refractivity contribution in [1.29, 1.82) is 0 Å². The average molecular weight is 390 g/mol. The lowest BCUT2D eigenvalue weighted by Crippen LogP contribution is -2.33. The van der Waals surface area contributed by atoms with Gasteiger partial charge in [0.15, 0.2) is 5.75 Å². The van der Waals surface area contributed by atoms with Gasteiger partial charge in [0.25, 0.3) is 5.91 Å². The third-order valence-electron chi connectivity index (χ3n) is 4.14. The van der Waals surface area contributed by atoms with Crippen molar-refractivity contribution in [2.24, 2.45) is 0 Å². The smallest absolute Gasteiger partial charge is 0.255 e. The van der Waals surface area contributed by atoms with Crippen LogP contribution in [0.1, 0.15) is 15.9 Å². The Balaban J connectivity index is 1.63. The molecule has 0 saturated carbocycles. The molecule has 0 atom stereocenters. The first-order chi connectivity index (χ1) is 14.1. The SMILES string of the molecule is COc1ccccc1C(=O)NCC(=O)Nc1ccccc1Oc1cccc(C)c1. The van der Waals surface area contributed by atoms with E-state index < -0.39 is 0 Å². The lowest BCUT2D eigenvalue weighted by molar-refractivity contribution is -0.115. The molecular weight excluding hydrogens is 368 g/mol. The van der Waals surface area contributed by atoms with Crippen LogP contribution in [0, 0.1) is 6.92 Å². The Kier molecular flexibility index (Phi) is 6.47. The predicted octanol–water partition coefficient (Wildman–Crippen LogP) is 4.16. The number of carbonyl (C=O) groups is 2. The summed E-state index contributed by atoms with van der Waals surface area (Å²) >= 11 is 0. The molecule has 0 heterocycles. The fraction of sp³-hybridized carbons (Fsp3) is 0.130. The van der Waals surface area contributed by atoms with E-state index in [-0.39, 0.29) is 18.4 Å². The van der Waals surface area contributed by atoms with Crippen LogP contribution in [0.5, 0.6) is 17.2 Å². The Morgan fingerprint density at radius 1 is 0.897 bits per heavy atom. The molecule has 2 amide bonds. The second-order valence-corrected chi connectivity index (χ2v) is 6.35. The van der Waals surface area contributed by atoms with E-state index in [1.54, 1.807) is 42.5 Å². The zero-order chi connectivity index (χ0) is 20.6. The zero-order valence-electron chi connectivity index (χ0n) is 16.3. The van der Waals surface area contributed by atoms with Gasteiger partial charge in [0.1, 0.15) is 11.5 Å². The first-order valence-electron chi connectivity index (χ1n) is 9.11. The zero-order valence-corrected chi connectivity index (χ0v) is 16.3. The number of para-hydroxylation sites is 3. The number of rotatable bonds is 7. The summed E-state index contributed by atoms with van der Waals surface area (Å²) in [5, 5.41) is 5.37. The van der Waals surface area contributed by atoms with Gasteiger partial charge in [-0.1, -0.05) is 36.4 Å². The molecule has 6 heteroatoms. The molecule has 29 heavy (non-hydrogen) atoms. The van der Waals surface area contributed by atoms with Crippen LogP contribution in [-0.2, 0) is 4.79 Å². The summed E-state index contributed by atoms with van der Waals surface area (Å²) in [7, 11) is 1.49. The molecule has 0 unspecified atom stereocenters. The van der Waals surface area contributed by atoms with Crippen molar-refractivity contribution in [2.75, 3.05) is 19.0 Å². The number of carbonyl (C=O) groups excluding carboxylic acids is 2. The van der Waals surface area contributed by atoms with Gasteiger partial charge in [0.2, 0.25) is 5.91 Å². The number of ether oxygens (including phenoxy) is 2. The summed E-state index contributed by atoms with van der Waals surface area (Å²) in [5.41, 5.74) is 1.96. The minimum absolute atomic E-state index is 0.185. The third-order valence-corrected chi connectivity index (χ3v) is 4.14. The van der Waals surface area contributed by atoms with Gasteiger partial charge in [0, 0.05) is 0 Å². The maximum absolute atomic E-state index is 12.3. The number of anilines is 1. The highest BCUT2D eigenvalue weighted by Gasteiger charge is 2.14. The first-order valence-corrected chi connectivity index (χ1v) is 9.11. The number of benzene rings is 3. The number of hydrogen-bond acceptors (Lipinski definition) is 4. The van der Waals surface area contributed by atoms with Crippen LogP contribution in [0.15, 0.2) is 72.8 Å². The number of aryl methyl sites for hydroxylation is 1. The molecule has 0 aliphatic rings. The van der Waals surface area contributed by atoms with Gasteiger partial charge < -0.3 is 20.1 Å². The Labute approximate surface area is 169 Å². The molecule has 0 spiro atoms. The van der Waals surface area contributed by atoms with E-state index in [2.05, 4.69) is 10.6 Å². The van der Waals surface area contributed by atoms with Crippen LogP contribution < -0.4 is 20.1 Å². The van der Waals surface area contributed by atoms with E-state index in [1.165, 1.54) is 7.11 Å². The van der Waals surface area contributed by atoms with Crippen molar-refractivity contribution >= 4 is 17.5 Å². The molecular formula is C23H22N2O4. The van der Waals surface area contributed by atoms with Gasteiger partial charge in [0.05, 0.1) is 24.9 Å². The van der Waals surface area contributed by atoms with E-state index in [4.69, 9.17) is 9.47 Å². The molecule has 0 aromatic heterocycles. The van der Waals surface area contributed by atoms with Gasteiger partial charge in [-0.3, -0.25) is 9.59 Å². The maximum atomic E-state index is 12.3. The molecule has 0 aliphatic heterocycles. The molecule has 0 fully saturated rings. The Bertz CT molecular complexity index is 1020. The number of hydrogen-bond donors (Lipinski definition) is 2. The summed E-state index contributed by atoms with van der Waals surface area (Å²) in [6.07, 6.45) is 0. The van der Waals surface area contributed by atoms with E-state index >= 15 is 0 Å². The van der Waals surface area contributed by atoms with Crippen molar-refractivity contribution in [3.8, 4) is 17.2 Å². The second-order valence-electron chi connectivity index (χ2n) is 6.35. The minimum atomic E-state index is -0.387. The fourth-order valence-electron chi connectivity index (χ4n) is 2.75. The van der Waals surface area contributed by atoms with Crippen LogP contribution in [0.3, 0.4) is 0 Å². The van der Waals surface area contributed by atoms with Crippen molar-refractivity contribution in [3.63, 3.8) is 0 Å². The Morgan fingerprint density at radius 3 is 2.38 bits per heavy atom. The third kappa shape index (κ3) is 5.35. The van der Waals surface area contributed by atoms with Gasteiger partial charge in [-0.25, -0.2) is 0 Å². The molecule has 3 rings (SSSR count). The van der Waals surface area contributed by atoms with Gasteiger partial charge in [-0.2, -0.15) is 0 Å². The van der Waals surface area contributed by atoms with Gasteiger partial charge >= 0.3 is 0 Å². The molecule has 3 aromatic carbocycles. The Morgan fingerprint density at radius 2 is 1.62 bits per heavy atom. The minimum Gasteiger partial charge on any atom is -0.496 e. The van der Waals surface area contributed by atoms with Crippen molar-refractivity contribution in [2.45, 2.75) is 6.92 Å². The summed E-state index contributed by atoms with van der Waals surface area (Å²) in [5.74, 6) is 0.886. The Hall–Kier alpha value is -3.80. The molecule has 0 aliphatic carbocycles. The summed E-state index contributed by atoms with van der Waals surface area (Å²) in [6.45, 7) is 1.79. The standard InChI is InChI=1S/C23H22N2O4/c1-16-8-7-9-17(14-16)29-21-13-6-4-11-19(21)25-22(26)15-24-23(27)18-10-3-5-12-20(18)28-2/h3-14H,15H2,1-2H3,(H,24,27)(H,25,26). The van der Waals surface area contributed by atoms with E-state index in [0.29, 0.717) is 28.5 Å². The maximum Gasteiger partial charge on any atom is 0.255 e. The quantitative estimate of drug-likeness (QED) is 0.635. The molecule has 148 valence electrons. The van der Waals surface area contributed by atoms with Crippen LogP contribution in [0.2, 0.25) is 0 Å². The van der Waals surface area contributed by atoms with E-state index in [9.17, 15) is 9.59 Å². The lowest BCUT2D eigenvalue weighted by atomic mass is 10.2. The van der Waals surface area contributed by atoms with E-state index in [1.807, 2.05) is 37.3 Å². The second kappa shape index (κ2) is 9.41. The highest BCUT2D eigenvalue weighted by atomic mass is 16.5. The van der Waals surface area contributed by atoms with Crippen molar-refractivity contribution in [1.82, 2.24) is 5.32 Å². The topological polar surface area (TPSA) is 76.7 Å². The van der Waals surface area contributed by atoms with Crippen LogP contribution in [-0.4, -0.2) is 25.5 Å². The normalized spacial score (nSPS) is 10.1. The largest absolute Gasteiger partial charge is 0.496 e. The average Bonchev–Trinajstić information content (AvgIpc) is 2.73. The fourth-order valence-corrected chi connectivity index (χ4v) is 2.75. The lowest BCUT2D eigenvalue weighted by Gasteiger charge is -2.13. The van der Waals surface area contributed by atoms with Crippen LogP contribution >= 0.6 is 0 Å². The predicted molar refractivity (Wildman–Crippen MR) is 112 cm³/mol. The molecule has 0 bridgehead atoms. The molecule has 3 aromatic rings. The molecule has 0 radical (unpaired) electrons. The molecule has 0 saturated heterocycles. The monoisotopic (exact) mass is 390 g/mol. The van der Waals surface area contributed by atoms with Crippen molar-refractivity contribution in [3.05, 3.63) is 83.9 Å². The van der Waals surface area contributed by atoms with E-state index in [0.717, 1.165) is 5.56 Å². The number of amides is 2. The van der Waals surface area contributed by atoms with Crippen LogP contribution in [0.25, 0.3) is 0 Å². The van der Waals surface area contributed by atoms with Gasteiger partial charge in [-0.15, -0.1) is 0 Å². The number of methoxy groups -OCH3 is 1. The molecule has 2 N–H and O–H groups in total. The van der Waals surface area contributed by atoms with Crippen molar-refractivity contribution < 1.29 is 19.1 Å². The van der Waals surface area contributed by atoms with Gasteiger partial charge in [-0.05, 0) is 48.9 Å². The summed E-state index contributed by atoms with van der Waals surface area (Å²) in [6, 6.07) is 21.6. The highest BCUT2D eigenvalue weighted by molar-refractivity contribution is 6.01. The van der Waals surface area contributed by atoms with Crippen LogP contribution in [0.4, 0.5) is 5.69 Å². The number of nitrogens with one attached hydrogen (secondary N) is 2. The summed E-state index contributed by atoms with van der Waals surface area (Å²) < 4.78 is 11.1. The summed E-state index contributed by atoms with van der Waals surface area (Å²) in [4.78, 5) is 24.7. The molecule has 6 nitrogen and oxygen atoms in total.